The number of aromatic nitrogens is 3. The zero-order valence-corrected chi connectivity index (χ0v) is 20.2. The molecule has 0 saturated carbocycles. The van der Waals surface area contributed by atoms with Gasteiger partial charge in [-0.1, -0.05) is 30.7 Å². The third kappa shape index (κ3) is 5.70. The molecule has 0 unspecified atom stereocenters. The molecule has 8 nitrogen and oxygen atoms in total. The third-order valence-electron chi connectivity index (χ3n) is 5.94. The molecule has 8 heteroatoms. The summed E-state index contributed by atoms with van der Waals surface area (Å²) in [6, 6.07) is 22.0. The number of carbonyl (C=O) groups is 2. The highest BCUT2D eigenvalue weighted by Crippen LogP contribution is 2.27. The molecule has 0 aliphatic carbocycles. The van der Waals surface area contributed by atoms with Gasteiger partial charge < -0.3 is 4.74 Å². The number of nitrogens with zero attached hydrogens (tertiary/aromatic N) is 4. The van der Waals surface area contributed by atoms with Crippen LogP contribution in [-0.2, 0) is 4.84 Å². The molecule has 0 radical (unpaired) electrons. The number of imide groups is 1. The van der Waals surface area contributed by atoms with Crippen molar-refractivity contribution in [2.75, 3.05) is 13.2 Å². The maximum absolute atomic E-state index is 12.3. The Balaban J connectivity index is 1.09. The first-order chi connectivity index (χ1) is 18.2. The van der Waals surface area contributed by atoms with E-state index in [1.54, 1.807) is 36.7 Å². The summed E-state index contributed by atoms with van der Waals surface area (Å²) in [7, 11) is 0. The van der Waals surface area contributed by atoms with Crippen molar-refractivity contribution in [2.24, 2.45) is 0 Å². The summed E-state index contributed by atoms with van der Waals surface area (Å²) in [5, 5.41) is 0.871. The van der Waals surface area contributed by atoms with Crippen LogP contribution in [0.1, 0.15) is 46.4 Å². The van der Waals surface area contributed by atoms with Crippen molar-refractivity contribution >= 4 is 11.8 Å². The van der Waals surface area contributed by atoms with E-state index < -0.39 is 11.8 Å². The van der Waals surface area contributed by atoms with Gasteiger partial charge in [-0.05, 0) is 55.7 Å². The van der Waals surface area contributed by atoms with Crippen LogP contribution >= 0.6 is 0 Å². The van der Waals surface area contributed by atoms with Crippen molar-refractivity contribution < 1.29 is 19.2 Å². The molecule has 0 fully saturated rings. The van der Waals surface area contributed by atoms with Gasteiger partial charge in [-0.25, -0.2) is 4.98 Å². The van der Waals surface area contributed by atoms with E-state index in [4.69, 9.17) is 14.6 Å². The Kier molecular flexibility index (Phi) is 7.57. The van der Waals surface area contributed by atoms with Gasteiger partial charge in [-0.3, -0.25) is 24.4 Å². The van der Waals surface area contributed by atoms with Crippen molar-refractivity contribution in [2.45, 2.75) is 25.7 Å². The summed E-state index contributed by atoms with van der Waals surface area (Å²) < 4.78 is 6.06. The van der Waals surface area contributed by atoms with E-state index in [9.17, 15) is 9.59 Å². The van der Waals surface area contributed by atoms with E-state index in [0.717, 1.165) is 53.5 Å². The predicted octanol–water partition coefficient (Wildman–Crippen LogP) is 5.37. The number of ether oxygens (including phenoxy) is 1. The molecule has 1 aliphatic rings. The second-order valence-electron chi connectivity index (χ2n) is 8.55. The van der Waals surface area contributed by atoms with Crippen molar-refractivity contribution in [3.05, 3.63) is 96.3 Å². The zero-order chi connectivity index (χ0) is 25.5. The number of benzene rings is 1. The van der Waals surface area contributed by atoms with Gasteiger partial charge >= 0.3 is 0 Å². The highest BCUT2D eigenvalue weighted by atomic mass is 16.7. The summed E-state index contributed by atoms with van der Waals surface area (Å²) in [4.78, 5) is 43.7. The molecule has 0 spiro atoms. The lowest BCUT2D eigenvalue weighted by Gasteiger charge is -2.13. The third-order valence-corrected chi connectivity index (χ3v) is 5.94. The summed E-state index contributed by atoms with van der Waals surface area (Å²) in [6.45, 7) is 0.851. The average molecular weight is 495 g/mol. The van der Waals surface area contributed by atoms with Crippen molar-refractivity contribution in [3.63, 3.8) is 0 Å². The molecular weight excluding hydrogens is 468 g/mol. The second-order valence-corrected chi connectivity index (χ2v) is 8.55. The number of hydroxylamine groups is 2. The van der Waals surface area contributed by atoms with Crippen LogP contribution in [0.15, 0.2) is 85.2 Å². The van der Waals surface area contributed by atoms with Gasteiger partial charge in [0.1, 0.15) is 5.75 Å². The van der Waals surface area contributed by atoms with Crippen LogP contribution in [0.25, 0.3) is 22.8 Å². The lowest BCUT2D eigenvalue weighted by atomic mass is 10.1. The summed E-state index contributed by atoms with van der Waals surface area (Å²) in [6.07, 6.45) is 6.88. The quantitative estimate of drug-likeness (QED) is 0.204. The molecule has 0 saturated heterocycles. The van der Waals surface area contributed by atoms with Crippen molar-refractivity contribution in [1.29, 1.82) is 0 Å². The van der Waals surface area contributed by atoms with Crippen LogP contribution in [0.4, 0.5) is 0 Å². The van der Waals surface area contributed by atoms with Gasteiger partial charge in [-0.15, -0.1) is 5.06 Å². The van der Waals surface area contributed by atoms with Crippen LogP contribution in [0.2, 0.25) is 0 Å². The smallest absolute Gasteiger partial charge is 0.285 e. The van der Waals surface area contributed by atoms with Gasteiger partial charge in [0.2, 0.25) is 0 Å². The van der Waals surface area contributed by atoms with E-state index in [2.05, 4.69) is 9.97 Å². The molecule has 3 aromatic heterocycles. The number of unbranched alkanes of at least 4 members (excludes halogenated alkanes) is 3. The fourth-order valence-corrected chi connectivity index (χ4v) is 4.07. The molecular formula is C29H26N4O4. The Morgan fingerprint density at radius 3 is 1.70 bits per heavy atom. The number of hydrogen-bond acceptors (Lipinski definition) is 7. The maximum atomic E-state index is 12.3. The summed E-state index contributed by atoms with van der Waals surface area (Å²) in [5.41, 5.74) is 3.76. The van der Waals surface area contributed by atoms with Gasteiger partial charge in [0.05, 0.1) is 47.1 Å². The molecule has 37 heavy (non-hydrogen) atoms. The van der Waals surface area contributed by atoms with E-state index in [1.165, 1.54) is 0 Å². The summed E-state index contributed by atoms with van der Waals surface area (Å²) >= 11 is 0. The first-order valence-electron chi connectivity index (χ1n) is 12.3. The van der Waals surface area contributed by atoms with Crippen LogP contribution in [0.5, 0.6) is 5.75 Å². The van der Waals surface area contributed by atoms with E-state index in [0.29, 0.717) is 30.1 Å². The van der Waals surface area contributed by atoms with Crippen molar-refractivity contribution in [3.8, 4) is 28.5 Å². The number of fused-ring (bicyclic) bond motifs is 1. The normalized spacial score (nSPS) is 12.6. The zero-order valence-electron chi connectivity index (χ0n) is 20.2. The standard InChI is InChI=1S/C29H26N4O4/c34-28-22-11-3-4-12-23(22)29(35)33(28)37-18-10-2-1-9-17-36-21-19-26(24-13-5-7-15-30-24)32-27(20-21)25-14-6-8-16-31-25/h3-8,11-16,19-20H,1-2,9-10,17-18H2. The Hall–Kier alpha value is -4.43. The van der Waals surface area contributed by atoms with E-state index >= 15 is 0 Å². The molecule has 1 aromatic carbocycles. The lowest BCUT2D eigenvalue weighted by Crippen LogP contribution is -2.30. The number of pyridine rings is 3. The number of amides is 2. The monoisotopic (exact) mass is 494 g/mol. The highest BCUT2D eigenvalue weighted by molar-refractivity contribution is 6.20. The Morgan fingerprint density at radius 2 is 1.16 bits per heavy atom. The predicted molar refractivity (Wildman–Crippen MR) is 138 cm³/mol. The van der Waals surface area contributed by atoms with E-state index in [1.807, 2.05) is 48.5 Å². The van der Waals surface area contributed by atoms with Crippen LogP contribution in [0.3, 0.4) is 0 Å². The number of rotatable bonds is 11. The molecule has 0 atom stereocenters. The second kappa shape index (κ2) is 11.5. The van der Waals surface area contributed by atoms with Gasteiger partial charge in [0, 0.05) is 24.5 Å². The first kappa shape index (κ1) is 24.3. The minimum Gasteiger partial charge on any atom is -0.493 e. The number of carbonyl (C=O) groups excluding carboxylic acids is 2. The number of hydrogen-bond donors (Lipinski definition) is 0. The molecule has 0 N–H and O–H groups in total. The van der Waals surface area contributed by atoms with Gasteiger partial charge in [0.25, 0.3) is 11.8 Å². The molecule has 2 amide bonds. The fraction of sp³-hybridized carbons (Fsp3) is 0.207. The molecule has 4 aromatic rings. The first-order valence-corrected chi connectivity index (χ1v) is 12.3. The van der Waals surface area contributed by atoms with Gasteiger partial charge in [0.15, 0.2) is 0 Å². The maximum Gasteiger partial charge on any atom is 0.285 e. The van der Waals surface area contributed by atoms with Crippen LogP contribution in [-0.4, -0.2) is 45.0 Å². The Bertz CT molecular complexity index is 1290. The molecule has 4 heterocycles. The lowest BCUT2D eigenvalue weighted by molar-refractivity contribution is -0.0923. The molecule has 186 valence electrons. The Morgan fingerprint density at radius 1 is 0.622 bits per heavy atom. The summed E-state index contributed by atoms with van der Waals surface area (Å²) in [5.74, 6) is -0.0896. The Labute approximate surface area is 214 Å². The minimum atomic E-state index is -0.401. The van der Waals surface area contributed by atoms with Crippen molar-refractivity contribution in [1.82, 2.24) is 20.0 Å². The largest absolute Gasteiger partial charge is 0.493 e. The minimum absolute atomic E-state index is 0.303. The molecule has 0 bridgehead atoms. The highest BCUT2D eigenvalue weighted by Gasteiger charge is 2.36. The SMILES string of the molecule is O=C1c2ccccc2C(=O)N1OCCCCCCOc1cc(-c2ccccn2)nc(-c2ccccn2)c1. The average Bonchev–Trinajstić information content (AvgIpc) is 3.20. The molecule has 5 rings (SSSR count). The molecule has 1 aliphatic heterocycles. The van der Waals surface area contributed by atoms with Crippen LogP contribution in [0, 0.1) is 0 Å². The van der Waals surface area contributed by atoms with Gasteiger partial charge in [-0.2, -0.15) is 0 Å². The van der Waals surface area contributed by atoms with Crippen LogP contribution < -0.4 is 4.74 Å². The van der Waals surface area contributed by atoms with E-state index in [-0.39, 0.29) is 0 Å². The topological polar surface area (TPSA) is 94.5 Å². The fourth-order valence-electron chi connectivity index (χ4n) is 4.07.